The zero-order valence-electron chi connectivity index (χ0n) is 21.5. The van der Waals surface area contributed by atoms with Crippen LogP contribution in [0.15, 0.2) is 77.7 Å². The molecule has 2 atom stereocenters. The SMILES string of the molecule is Cc1ccc(S(=O)(=O)N[C@@H](Cc2ccc(OC(F)C(=O)[OH2+])c(N)c2)C(=O)NCCCCc2ccccc2)cc1. The lowest BCUT2D eigenvalue weighted by molar-refractivity contribution is -0.153. The lowest BCUT2D eigenvalue weighted by Gasteiger charge is -2.19. The summed E-state index contributed by atoms with van der Waals surface area (Å²) < 4.78 is 46.9. The molecule has 0 bridgehead atoms. The van der Waals surface area contributed by atoms with Gasteiger partial charge in [-0.2, -0.15) is 9.11 Å². The van der Waals surface area contributed by atoms with E-state index in [9.17, 15) is 22.4 Å². The van der Waals surface area contributed by atoms with E-state index in [1.807, 2.05) is 37.3 Å². The summed E-state index contributed by atoms with van der Waals surface area (Å²) in [6, 6.07) is 19.2. The Labute approximate surface area is 227 Å². The second-order valence-corrected chi connectivity index (χ2v) is 10.8. The van der Waals surface area contributed by atoms with Crippen LogP contribution in [0.5, 0.6) is 5.75 Å². The molecule has 1 amide bonds. The fourth-order valence-electron chi connectivity index (χ4n) is 3.83. The third-order valence-electron chi connectivity index (χ3n) is 5.93. The van der Waals surface area contributed by atoms with Gasteiger partial charge in [0.2, 0.25) is 15.9 Å². The highest BCUT2D eigenvalue weighted by atomic mass is 32.2. The summed E-state index contributed by atoms with van der Waals surface area (Å²) in [4.78, 5) is 24.0. The summed E-state index contributed by atoms with van der Waals surface area (Å²) in [5, 5.41) is 9.59. The summed E-state index contributed by atoms with van der Waals surface area (Å²) in [6.45, 7) is 2.20. The molecule has 0 radical (unpaired) electrons. The largest absolute Gasteiger partial charge is 0.590 e. The standard InChI is InChI=1S/C28H32FN3O6S/c1-19-10-13-22(14-11-19)39(36,37)32-24(27(33)31-16-6-5-9-20-7-3-2-4-8-20)18-21-12-15-25(23(30)17-21)38-26(29)28(34)35/h2-4,7-8,10-15,17,24,26,32H,5-6,9,16,18,30H2,1H3,(H,31,33)(H,34,35)/p+1/t24-,26?/m0/s1. The number of hydrogen-bond donors (Lipinski definition) is 3. The molecule has 39 heavy (non-hydrogen) atoms. The predicted octanol–water partition coefficient (Wildman–Crippen LogP) is 2.53. The normalized spacial score (nSPS) is 12.9. The van der Waals surface area contributed by atoms with Crippen molar-refractivity contribution in [2.24, 2.45) is 0 Å². The number of halogens is 1. The molecule has 9 nitrogen and oxygen atoms in total. The molecule has 0 spiro atoms. The third kappa shape index (κ3) is 9.08. The van der Waals surface area contributed by atoms with E-state index in [2.05, 4.69) is 10.0 Å². The number of carbonyl (C=O) groups excluding carboxylic acids is 2. The van der Waals surface area contributed by atoms with E-state index < -0.39 is 34.3 Å². The average molecular weight is 559 g/mol. The summed E-state index contributed by atoms with van der Waals surface area (Å²) in [5.41, 5.74) is 8.44. The summed E-state index contributed by atoms with van der Waals surface area (Å²) in [6.07, 6.45) is -0.129. The van der Waals surface area contributed by atoms with E-state index in [1.54, 1.807) is 12.1 Å². The zero-order valence-corrected chi connectivity index (χ0v) is 22.3. The van der Waals surface area contributed by atoms with Crippen molar-refractivity contribution >= 4 is 27.6 Å². The Balaban J connectivity index is 1.70. The number of sulfonamides is 1. The first-order valence-electron chi connectivity index (χ1n) is 12.4. The first-order chi connectivity index (χ1) is 18.5. The van der Waals surface area contributed by atoms with Gasteiger partial charge in [0.05, 0.1) is 10.6 Å². The molecular weight excluding hydrogens is 525 g/mol. The molecule has 0 heterocycles. The van der Waals surface area contributed by atoms with E-state index in [4.69, 9.17) is 15.6 Å². The molecular formula is C28H33FN3O6S+. The molecule has 0 saturated carbocycles. The Bertz CT molecular complexity index is 1370. The minimum absolute atomic E-state index is 0.0195. The predicted molar refractivity (Wildman–Crippen MR) is 146 cm³/mol. The minimum atomic E-state index is -4.03. The van der Waals surface area contributed by atoms with Gasteiger partial charge >= 0.3 is 12.3 Å². The van der Waals surface area contributed by atoms with E-state index >= 15 is 0 Å². The van der Waals surface area contributed by atoms with Crippen LogP contribution in [0.25, 0.3) is 0 Å². The third-order valence-corrected chi connectivity index (χ3v) is 7.42. The maximum absolute atomic E-state index is 13.5. The van der Waals surface area contributed by atoms with Crippen molar-refractivity contribution in [1.82, 2.24) is 10.0 Å². The van der Waals surface area contributed by atoms with E-state index in [1.165, 1.54) is 35.9 Å². The van der Waals surface area contributed by atoms with E-state index in [0.29, 0.717) is 18.5 Å². The quantitative estimate of drug-likeness (QED) is 0.157. The van der Waals surface area contributed by atoms with Gasteiger partial charge in [-0.25, -0.2) is 8.42 Å². The first kappa shape index (κ1) is 29.6. The van der Waals surface area contributed by atoms with Gasteiger partial charge in [0, 0.05) is 11.3 Å². The van der Waals surface area contributed by atoms with Gasteiger partial charge < -0.3 is 20.9 Å². The molecule has 3 rings (SSSR count). The van der Waals surface area contributed by atoms with Gasteiger partial charge in [0.25, 0.3) is 0 Å². The van der Waals surface area contributed by atoms with Crippen LogP contribution in [0.1, 0.15) is 29.5 Å². The zero-order chi connectivity index (χ0) is 28.4. The number of benzene rings is 3. The molecule has 6 N–H and O–H groups in total. The maximum atomic E-state index is 13.5. The van der Waals surface area contributed by atoms with Gasteiger partial charge in [-0.15, -0.1) is 0 Å². The molecule has 0 aliphatic carbocycles. The average Bonchev–Trinajstić information content (AvgIpc) is 2.90. The number of alkyl halides is 1. The maximum Gasteiger partial charge on any atom is 0.590 e. The Morgan fingerprint density at radius 3 is 2.33 bits per heavy atom. The highest BCUT2D eigenvalue weighted by molar-refractivity contribution is 7.89. The number of amides is 1. The number of unbranched alkanes of at least 4 members (excludes halogenated alkanes) is 1. The number of ether oxygens (including phenoxy) is 1. The van der Waals surface area contributed by atoms with Crippen molar-refractivity contribution < 1.29 is 32.2 Å². The number of nitrogens with two attached hydrogens (primary N) is 1. The monoisotopic (exact) mass is 558 g/mol. The number of nitrogens with one attached hydrogen (secondary N) is 2. The van der Waals surface area contributed by atoms with Crippen molar-refractivity contribution in [3.8, 4) is 5.75 Å². The molecule has 0 aromatic heterocycles. The van der Waals surface area contributed by atoms with Crippen molar-refractivity contribution in [3.05, 3.63) is 89.5 Å². The minimum Gasteiger partial charge on any atom is -0.560 e. The smallest absolute Gasteiger partial charge is 0.560 e. The van der Waals surface area contributed by atoms with Gasteiger partial charge in [-0.3, -0.25) is 4.79 Å². The van der Waals surface area contributed by atoms with Crippen molar-refractivity contribution in [3.63, 3.8) is 0 Å². The van der Waals surface area contributed by atoms with E-state index in [0.717, 1.165) is 18.4 Å². The molecule has 3 aromatic rings. The van der Waals surface area contributed by atoms with E-state index in [-0.39, 0.29) is 22.8 Å². The van der Waals surface area contributed by atoms with Crippen LogP contribution in [-0.4, -0.2) is 44.3 Å². The molecule has 0 saturated heterocycles. The van der Waals surface area contributed by atoms with Crippen LogP contribution >= 0.6 is 0 Å². The van der Waals surface area contributed by atoms with Crippen molar-refractivity contribution in [2.45, 2.75) is 49.9 Å². The summed E-state index contributed by atoms with van der Waals surface area (Å²) in [5.74, 6) is -2.20. The molecule has 11 heteroatoms. The van der Waals surface area contributed by atoms with Crippen LogP contribution in [0, 0.1) is 6.92 Å². The Morgan fingerprint density at radius 2 is 1.69 bits per heavy atom. The van der Waals surface area contributed by atoms with Crippen LogP contribution in [-0.2, 0) is 32.5 Å². The molecule has 3 aromatic carbocycles. The lowest BCUT2D eigenvalue weighted by Crippen LogP contribution is -2.48. The molecule has 0 fully saturated rings. The fraction of sp³-hybridized carbons (Fsp3) is 0.286. The van der Waals surface area contributed by atoms with Gasteiger partial charge in [-0.1, -0.05) is 54.1 Å². The highest BCUT2D eigenvalue weighted by Gasteiger charge is 2.28. The number of rotatable bonds is 14. The summed E-state index contributed by atoms with van der Waals surface area (Å²) in [7, 11) is -4.03. The Kier molecular flexibility index (Phi) is 10.4. The second-order valence-electron chi connectivity index (χ2n) is 9.10. The van der Waals surface area contributed by atoms with Gasteiger partial charge in [-0.05, 0) is 68.0 Å². The number of hydrogen-bond acceptors (Lipinski definition) is 6. The fourth-order valence-corrected chi connectivity index (χ4v) is 5.02. The second kappa shape index (κ2) is 13.7. The Hall–Kier alpha value is -3.96. The van der Waals surface area contributed by atoms with Gasteiger partial charge in [0.1, 0.15) is 11.8 Å². The first-order valence-corrected chi connectivity index (χ1v) is 13.9. The highest BCUT2D eigenvalue weighted by Crippen LogP contribution is 2.25. The van der Waals surface area contributed by atoms with Gasteiger partial charge in [0.15, 0.2) is 0 Å². The molecule has 1 unspecified atom stereocenters. The lowest BCUT2D eigenvalue weighted by atomic mass is 10.0. The molecule has 0 aliphatic heterocycles. The summed E-state index contributed by atoms with van der Waals surface area (Å²) >= 11 is 0. The number of aryl methyl sites for hydroxylation is 2. The number of anilines is 1. The number of carbonyl (C=O) groups is 2. The van der Waals surface area contributed by atoms with Crippen LogP contribution < -0.4 is 20.5 Å². The topological polar surface area (TPSA) is 150 Å². The van der Waals surface area contributed by atoms with Crippen molar-refractivity contribution in [1.29, 1.82) is 0 Å². The molecule has 0 aliphatic rings. The number of nitrogen functional groups attached to an aromatic ring is 1. The van der Waals surface area contributed by atoms with Crippen LogP contribution in [0.4, 0.5) is 10.1 Å². The molecule has 208 valence electrons. The van der Waals surface area contributed by atoms with Crippen molar-refractivity contribution in [2.75, 3.05) is 12.3 Å². The van der Waals surface area contributed by atoms with Crippen LogP contribution in [0.2, 0.25) is 0 Å². The van der Waals surface area contributed by atoms with Crippen LogP contribution in [0.3, 0.4) is 0 Å². The Morgan fingerprint density at radius 1 is 1.00 bits per heavy atom.